The summed E-state index contributed by atoms with van der Waals surface area (Å²) in [5, 5.41) is 3.60. The van der Waals surface area contributed by atoms with Crippen LogP contribution < -0.4 is 10.1 Å². The Labute approximate surface area is 189 Å². The molecule has 1 aliphatic rings. The van der Waals surface area contributed by atoms with E-state index in [9.17, 15) is 14.4 Å². The first-order valence-electron chi connectivity index (χ1n) is 10.3. The highest BCUT2D eigenvalue weighted by Gasteiger charge is 2.34. The molecule has 3 amide bonds. The minimum Gasteiger partial charge on any atom is -0.497 e. The summed E-state index contributed by atoms with van der Waals surface area (Å²) in [6, 6.07) is 15.2. The van der Waals surface area contributed by atoms with Crippen LogP contribution in [0.5, 0.6) is 5.75 Å². The summed E-state index contributed by atoms with van der Waals surface area (Å²) in [5.74, 6) is 0.230. The number of imide groups is 1. The second-order valence-corrected chi connectivity index (χ2v) is 8.31. The van der Waals surface area contributed by atoms with E-state index in [4.69, 9.17) is 4.74 Å². The Morgan fingerprint density at radius 2 is 2.00 bits per heavy atom. The normalized spacial score (nSPS) is 15.0. The highest BCUT2D eigenvalue weighted by atomic mass is 32.2. The van der Waals surface area contributed by atoms with Gasteiger partial charge in [0.1, 0.15) is 5.75 Å². The number of carbonyl (C=O) groups excluding carboxylic acids is 3. The SMILES string of the molecule is COc1ccc2c(CCNC(=O)CCN3C(=O)SC(=Cc4ccccc4)C3=O)c[nH]c2c1. The number of rotatable bonds is 8. The van der Waals surface area contributed by atoms with Gasteiger partial charge in [0.05, 0.1) is 12.0 Å². The lowest BCUT2D eigenvalue weighted by molar-refractivity contribution is -0.124. The molecule has 0 saturated carbocycles. The molecule has 32 heavy (non-hydrogen) atoms. The second-order valence-electron chi connectivity index (χ2n) is 7.32. The molecule has 2 heterocycles. The number of aromatic amines is 1. The lowest BCUT2D eigenvalue weighted by Crippen LogP contribution is -2.34. The minimum atomic E-state index is -0.356. The van der Waals surface area contributed by atoms with Gasteiger partial charge in [0.25, 0.3) is 11.1 Å². The van der Waals surface area contributed by atoms with Gasteiger partial charge in [-0.3, -0.25) is 19.3 Å². The van der Waals surface area contributed by atoms with Crippen molar-refractivity contribution in [3.63, 3.8) is 0 Å². The Balaban J connectivity index is 1.27. The summed E-state index contributed by atoms with van der Waals surface area (Å²) in [6.45, 7) is 0.531. The number of hydrogen-bond donors (Lipinski definition) is 2. The predicted octanol–water partition coefficient (Wildman–Crippen LogP) is 3.96. The molecule has 0 aliphatic carbocycles. The average Bonchev–Trinajstić information content (AvgIpc) is 3.32. The number of H-pyrrole nitrogens is 1. The Hall–Kier alpha value is -3.52. The lowest BCUT2D eigenvalue weighted by Gasteiger charge is -2.12. The van der Waals surface area contributed by atoms with Gasteiger partial charge in [0, 0.05) is 42.7 Å². The lowest BCUT2D eigenvalue weighted by atomic mass is 10.1. The van der Waals surface area contributed by atoms with E-state index >= 15 is 0 Å². The number of fused-ring (bicyclic) bond motifs is 1. The number of benzene rings is 2. The van der Waals surface area contributed by atoms with E-state index in [0.29, 0.717) is 17.9 Å². The third-order valence-electron chi connectivity index (χ3n) is 5.22. The molecule has 0 unspecified atom stereocenters. The van der Waals surface area contributed by atoms with Crippen LogP contribution in [0.15, 0.2) is 59.6 Å². The van der Waals surface area contributed by atoms with Crippen LogP contribution in [0.1, 0.15) is 17.5 Å². The first kappa shape index (κ1) is 21.7. The van der Waals surface area contributed by atoms with Crippen molar-refractivity contribution in [2.45, 2.75) is 12.8 Å². The van der Waals surface area contributed by atoms with Crippen molar-refractivity contribution in [2.24, 2.45) is 0 Å². The fourth-order valence-electron chi connectivity index (χ4n) is 3.53. The van der Waals surface area contributed by atoms with Crippen LogP contribution in [-0.4, -0.2) is 47.1 Å². The standard InChI is InChI=1S/C24H23N3O4S/c1-31-18-7-8-19-17(15-26-20(19)14-18)9-11-25-22(28)10-12-27-23(29)21(32-24(27)30)13-16-5-3-2-4-6-16/h2-8,13-15,26H,9-12H2,1H3,(H,25,28). The van der Waals surface area contributed by atoms with E-state index in [1.54, 1.807) is 13.2 Å². The maximum Gasteiger partial charge on any atom is 0.293 e. The Bertz CT molecular complexity index is 1190. The third-order valence-corrected chi connectivity index (χ3v) is 6.13. The average molecular weight is 450 g/mol. The van der Waals surface area contributed by atoms with Crippen LogP contribution in [0, 0.1) is 0 Å². The van der Waals surface area contributed by atoms with Crippen molar-refractivity contribution in [1.29, 1.82) is 0 Å². The van der Waals surface area contributed by atoms with Crippen molar-refractivity contribution >= 4 is 45.8 Å². The molecule has 1 aliphatic heterocycles. The second kappa shape index (κ2) is 9.74. The smallest absolute Gasteiger partial charge is 0.293 e. The molecule has 1 aromatic heterocycles. The highest BCUT2D eigenvalue weighted by Crippen LogP contribution is 2.32. The molecule has 2 N–H and O–H groups in total. The number of hydrogen-bond acceptors (Lipinski definition) is 5. The van der Waals surface area contributed by atoms with Crippen LogP contribution in [0.2, 0.25) is 0 Å². The predicted molar refractivity (Wildman–Crippen MR) is 125 cm³/mol. The zero-order valence-corrected chi connectivity index (χ0v) is 18.4. The van der Waals surface area contributed by atoms with Crippen LogP contribution in [0.4, 0.5) is 4.79 Å². The van der Waals surface area contributed by atoms with Gasteiger partial charge in [-0.2, -0.15) is 0 Å². The summed E-state index contributed by atoms with van der Waals surface area (Å²) in [7, 11) is 1.63. The van der Waals surface area contributed by atoms with E-state index in [1.165, 1.54) is 0 Å². The van der Waals surface area contributed by atoms with E-state index in [1.807, 2.05) is 54.7 Å². The summed E-state index contributed by atoms with van der Waals surface area (Å²) in [5.41, 5.74) is 2.93. The van der Waals surface area contributed by atoms with Crippen LogP contribution >= 0.6 is 11.8 Å². The Morgan fingerprint density at radius 3 is 2.78 bits per heavy atom. The van der Waals surface area contributed by atoms with Gasteiger partial charge >= 0.3 is 0 Å². The Morgan fingerprint density at radius 1 is 1.19 bits per heavy atom. The fourth-order valence-corrected chi connectivity index (χ4v) is 4.40. The minimum absolute atomic E-state index is 0.0650. The number of ether oxygens (including phenoxy) is 1. The first-order chi connectivity index (χ1) is 15.5. The molecule has 7 nitrogen and oxygen atoms in total. The zero-order valence-electron chi connectivity index (χ0n) is 17.6. The summed E-state index contributed by atoms with van der Waals surface area (Å²) in [4.78, 5) is 41.7. The number of aromatic nitrogens is 1. The third kappa shape index (κ3) is 4.86. The van der Waals surface area contributed by atoms with Gasteiger partial charge in [-0.05, 0) is 47.5 Å². The zero-order chi connectivity index (χ0) is 22.5. The number of methoxy groups -OCH3 is 1. The molecular weight excluding hydrogens is 426 g/mol. The number of thioether (sulfide) groups is 1. The number of nitrogens with one attached hydrogen (secondary N) is 2. The molecule has 8 heteroatoms. The highest BCUT2D eigenvalue weighted by molar-refractivity contribution is 8.18. The van der Waals surface area contributed by atoms with Gasteiger partial charge in [-0.15, -0.1) is 0 Å². The van der Waals surface area contributed by atoms with Crippen molar-refractivity contribution in [3.8, 4) is 5.75 Å². The topological polar surface area (TPSA) is 91.5 Å². The molecule has 0 bridgehead atoms. The van der Waals surface area contributed by atoms with Crippen molar-refractivity contribution in [3.05, 3.63) is 70.8 Å². The number of nitrogens with zero attached hydrogens (tertiary/aromatic N) is 1. The molecule has 3 aromatic rings. The van der Waals surface area contributed by atoms with Gasteiger partial charge in [0.2, 0.25) is 5.91 Å². The van der Waals surface area contributed by atoms with E-state index in [0.717, 1.165) is 44.4 Å². The Kier molecular flexibility index (Phi) is 6.61. The van der Waals surface area contributed by atoms with Crippen LogP contribution in [-0.2, 0) is 16.0 Å². The maximum atomic E-state index is 12.5. The van der Waals surface area contributed by atoms with Crippen LogP contribution in [0.25, 0.3) is 17.0 Å². The molecule has 164 valence electrons. The van der Waals surface area contributed by atoms with Gasteiger partial charge < -0.3 is 15.0 Å². The fraction of sp³-hybridized carbons (Fsp3) is 0.208. The quantitative estimate of drug-likeness (QED) is 0.508. The first-order valence-corrected chi connectivity index (χ1v) is 11.1. The van der Waals surface area contributed by atoms with Gasteiger partial charge in [0.15, 0.2) is 0 Å². The van der Waals surface area contributed by atoms with Gasteiger partial charge in [-0.1, -0.05) is 30.3 Å². The maximum absolute atomic E-state index is 12.5. The van der Waals surface area contributed by atoms with Crippen LogP contribution in [0.3, 0.4) is 0 Å². The van der Waals surface area contributed by atoms with E-state index in [2.05, 4.69) is 10.3 Å². The molecule has 0 spiro atoms. The summed E-state index contributed by atoms with van der Waals surface area (Å²) < 4.78 is 5.23. The summed E-state index contributed by atoms with van der Waals surface area (Å²) in [6.07, 6.45) is 4.36. The van der Waals surface area contributed by atoms with E-state index in [-0.39, 0.29) is 30.0 Å². The van der Waals surface area contributed by atoms with E-state index < -0.39 is 0 Å². The molecular formula is C24H23N3O4S. The molecule has 2 aromatic carbocycles. The van der Waals surface area contributed by atoms with Crippen molar-refractivity contribution in [1.82, 2.24) is 15.2 Å². The van der Waals surface area contributed by atoms with Crippen molar-refractivity contribution in [2.75, 3.05) is 20.2 Å². The summed E-state index contributed by atoms with van der Waals surface area (Å²) >= 11 is 0.903. The molecule has 4 rings (SSSR count). The number of carbonyl (C=O) groups is 3. The molecule has 0 atom stereocenters. The molecule has 0 radical (unpaired) electrons. The monoisotopic (exact) mass is 449 g/mol. The molecule has 1 saturated heterocycles. The van der Waals surface area contributed by atoms with Crippen molar-refractivity contribution < 1.29 is 19.1 Å². The molecule has 1 fully saturated rings. The van der Waals surface area contributed by atoms with Gasteiger partial charge in [-0.25, -0.2) is 0 Å². The largest absolute Gasteiger partial charge is 0.497 e. The number of amides is 3.